The molecule has 17 heavy (non-hydrogen) atoms. The first-order valence-corrected chi connectivity index (χ1v) is 5.46. The number of aliphatic hydroxyl groups is 1. The van der Waals surface area contributed by atoms with Crippen LogP contribution in [0.15, 0.2) is 12.4 Å². The average molecular weight is 256 g/mol. The first-order valence-electron chi connectivity index (χ1n) is 5.05. The third-order valence-electron chi connectivity index (χ3n) is 2.12. The summed E-state index contributed by atoms with van der Waals surface area (Å²) in [5.41, 5.74) is 6.01. The van der Waals surface area contributed by atoms with E-state index in [1.54, 1.807) is 18.1 Å². The number of hydrogen-bond donors (Lipinski definition) is 2. The predicted molar refractivity (Wildman–Crippen MR) is 69.1 cm³/mol. The predicted octanol–water partition coefficient (Wildman–Crippen LogP) is -0.446. The quantitative estimate of drug-likeness (QED) is 0.667. The summed E-state index contributed by atoms with van der Waals surface area (Å²) in [4.78, 5) is 10.1. The number of aliphatic hydroxyl groups excluding tert-OH is 1. The first-order chi connectivity index (χ1) is 8.06. The van der Waals surface area contributed by atoms with E-state index in [4.69, 9.17) is 22.7 Å². The molecule has 6 nitrogen and oxygen atoms in total. The number of ether oxygens (including phenoxy) is 1. The lowest BCUT2D eigenvalue weighted by Gasteiger charge is -2.22. The summed E-state index contributed by atoms with van der Waals surface area (Å²) in [5.74, 6) is 0.551. The summed E-state index contributed by atoms with van der Waals surface area (Å²) in [6.45, 7) is 0.620. The molecule has 1 heterocycles. The van der Waals surface area contributed by atoms with Crippen LogP contribution in [-0.2, 0) is 4.74 Å². The molecule has 94 valence electrons. The molecule has 0 amide bonds. The maximum Gasteiger partial charge on any atom is 0.157 e. The Labute approximate surface area is 105 Å². The number of methoxy groups -OCH3 is 1. The van der Waals surface area contributed by atoms with Crippen molar-refractivity contribution in [1.82, 2.24) is 9.97 Å². The maximum atomic E-state index is 9.63. The van der Waals surface area contributed by atoms with E-state index in [0.717, 1.165) is 0 Å². The summed E-state index contributed by atoms with van der Waals surface area (Å²) in [5, 5.41) is 9.63. The molecule has 0 saturated carbocycles. The van der Waals surface area contributed by atoms with E-state index >= 15 is 0 Å². The van der Waals surface area contributed by atoms with Crippen molar-refractivity contribution in [2.75, 3.05) is 32.2 Å². The van der Waals surface area contributed by atoms with Crippen LogP contribution in [0.5, 0.6) is 0 Å². The van der Waals surface area contributed by atoms with E-state index in [9.17, 15) is 5.11 Å². The number of nitrogens with two attached hydrogens (primary N) is 1. The van der Waals surface area contributed by atoms with Gasteiger partial charge in [-0.3, -0.25) is 0 Å². The van der Waals surface area contributed by atoms with Crippen LogP contribution in [0.3, 0.4) is 0 Å². The van der Waals surface area contributed by atoms with Crippen LogP contribution in [0.1, 0.15) is 5.69 Å². The smallest absolute Gasteiger partial charge is 0.157 e. The highest BCUT2D eigenvalue weighted by Gasteiger charge is 2.15. The van der Waals surface area contributed by atoms with Crippen LogP contribution in [0.2, 0.25) is 0 Å². The zero-order chi connectivity index (χ0) is 12.8. The van der Waals surface area contributed by atoms with Crippen LogP contribution in [-0.4, -0.2) is 53.5 Å². The fraction of sp³-hybridized carbons (Fsp3) is 0.500. The Bertz CT molecular complexity index is 388. The lowest BCUT2D eigenvalue weighted by molar-refractivity contribution is 0.0694. The molecule has 0 saturated heterocycles. The van der Waals surface area contributed by atoms with Gasteiger partial charge in [-0.05, 0) is 0 Å². The Balaban J connectivity index is 2.81. The number of aromatic nitrogens is 2. The topological polar surface area (TPSA) is 84.5 Å². The molecule has 1 atom stereocenters. The van der Waals surface area contributed by atoms with E-state index in [1.165, 1.54) is 13.3 Å². The van der Waals surface area contributed by atoms with Gasteiger partial charge in [0.2, 0.25) is 0 Å². The van der Waals surface area contributed by atoms with Crippen molar-refractivity contribution in [3.63, 3.8) is 0 Å². The summed E-state index contributed by atoms with van der Waals surface area (Å²) >= 11 is 4.90. The van der Waals surface area contributed by atoms with Gasteiger partial charge in [0.1, 0.15) is 10.7 Å². The summed E-state index contributed by atoms with van der Waals surface area (Å²) in [6, 6.07) is 0. The minimum atomic E-state index is -0.605. The van der Waals surface area contributed by atoms with Gasteiger partial charge in [0, 0.05) is 33.1 Å². The molecular weight excluding hydrogens is 240 g/mol. The Morgan fingerprint density at radius 1 is 1.59 bits per heavy atom. The fourth-order valence-electron chi connectivity index (χ4n) is 1.43. The van der Waals surface area contributed by atoms with Crippen molar-refractivity contribution in [3.8, 4) is 0 Å². The number of hydrogen-bond acceptors (Lipinski definition) is 6. The van der Waals surface area contributed by atoms with Crippen LogP contribution in [0.25, 0.3) is 0 Å². The minimum absolute atomic E-state index is 0.182. The number of nitrogens with zero attached hydrogens (tertiary/aromatic N) is 3. The second-order valence-corrected chi connectivity index (χ2v) is 4.02. The lowest BCUT2D eigenvalue weighted by atomic mass is 10.3. The fourth-order valence-corrected chi connectivity index (χ4v) is 1.58. The van der Waals surface area contributed by atoms with E-state index in [-0.39, 0.29) is 11.6 Å². The molecule has 0 aliphatic heterocycles. The van der Waals surface area contributed by atoms with Crippen molar-refractivity contribution >= 4 is 23.0 Å². The van der Waals surface area contributed by atoms with Gasteiger partial charge in [-0.2, -0.15) is 0 Å². The van der Waals surface area contributed by atoms with Gasteiger partial charge in [-0.25, -0.2) is 9.97 Å². The molecule has 0 bridgehead atoms. The molecule has 0 aliphatic carbocycles. The number of anilines is 1. The van der Waals surface area contributed by atoms with Gasteiger partial charge in [0.05, 0.1) is 12.7 Å². The largest absolute Gasteiger partial charge is 0.389 e. The minimum Gasteiger partial charge on any atom is -0.389 e. The second-order valence-electron chi connectivity index (χ2n) is 3.58. The standard InChI is InChI=1S/C10H16N4O2S/c1-14(5-7(15)6-16-2)10-8(9(11)17)12-3-4-13-10/h3-4,7,15H,5-6H2,1-2H3,(H2,11,17). The van der Waals surface area contributed by atoms with Crippen molar-refractivity contribution < 1.29 is 9.84 Å². The van der Waals surface area contributed by atoms with Gasteiger partial charge in [-0.1, -0.05) is 12.2 Å². The normalized spacial score (nSPS) is 12.2. The van der Waals surface area contributed by atoms with Crippen LogP contribution < -0.4 is 10.6 Å². The molecule has 0 radical (unpaired) electrons. The van der Waals surface area contributed by atoms with Crippen molar-refractivity contribution in [1.29, 1.82) is 0 Å². The molecule has 0 fully saturated rings. The zero-order valence-corrected chi connectivity index (χ0v) is 10.6. The Morgan fingerprint density at radius 2 is 2.24 bits per heavy atom. The van der Waals surface area contributed by atoms with E-state index in [1.807, 2.05) is 0 Å². The van der Waals surface area contributed by atoms with Crippen LogP contribution in [0, 0.1) is 0 Å². The number of likely N-dealkylation sites (N-methyl/N-ethyl adjacent to an activating group) is 1. The highest BCUT2D eigenvalue weighted by Crippen LogP contribution is 2.13. The molecule has 1 aromatic heterocycles. The van der Waals surface area contributed by atoms with E-state index < -0.39 is 6.10 Å². The summed E-state index contributed by atoms with van der Waals surface area (Å²) in [7, 11) is 3.32. The van der Waals surface area contributed by atoms with Gasteiger partial charge in [0.25, 0.3) is 0 Å². The Morgan fingerprint density at radius 3 is 2.82 bits per heavy atom. The third kappa shape index (κ3) is 3.88. The zero-order valence-electron chi connectivity index (χ0n) is 9.83. The Kier molecular flexibility index (Phi) is 5.20. The molecule has 1 rings (SSSR count). The maximum absolute atomic E-state index is 9.63. The van der Waals surface area contributed by atoms with Crippen LogP contribution >= 0.6 is 12.2 Å². The first kappa shape index (κ1) is 13.8. The van der Waals surface area contributed by atoms with Crippen LogP contribution in [0.4, 0.5) is 5.82 Å². The molecular formula is C10H16N4O2S. The van der Waals surface area contributed by atoms with Crippen molar-refractivity contribution in [2.24, 2.45) is 5.73 Å². The lowest BCUT2D eigenvalue weighted by Crippen LogP contribution is -2.34. The molecule has 3 N–H and O–H groups in total. The highest BCUT2D eigenvalue weighted by molar-refractivity contribution is 7.80. The van der Waals surface area contributed by atoms with E-state index in [2.05, 4.69) is 9.97 Å². The van der Waals surface area contributed by atoms with Gasteiger partial charge in [-0.15, -0.1) is 0 Å². The van der Waals surface area contributed by atoms with Crippen molar-refractivity contribution in [2.45, 2.75) is 6.10 Å². The summed E-state index contributed by atoms with van der Waals surface area (Å²) < 4.78 is 4.85. The van der Waals surface area contributed by atoms with Gasteiger partial charge < -0.3 is 20.5 Å². The second kappa shape index (κ2) is 6.43. The molecule has 1 aromatic rings. The van der Waals surface area contributed by atoms with Crippen molar-refractivity contribution in [3.05, 3.63) is 18.1 Å². The summed E-state index contributed by atoms with van der Waals surface area (Å²) in [6.07, 6.45) is 2.47. The average Bonchev–Trinajstić information content (AvgIpc) is 2.29. The SMILES string of the molecule is COCC(O)CN(C)c1nccnc1C(N)=S. The van der Waals surface area contributed by atoms with Gasteiger partial charge >= 0.3 is 0 Å². The number of rotatable bonds is 6. The highest BCUT2D eigenvalue weighted by atomic mass is 32.1. The molecule has 0 aromatic carbocycles. The molecule has 7 heteroatoms. The molecule has 1 unspecified atom stereocenters. The Hall–Kier alpha value is -1.31. The monoisotopic (exact) mass is 256 g/mol. The van der Waals surface area contributed by atoms with Gasteiger partial charge in [0.15, 0.2) is 5.82 Å². The number of thiocarbonyl (C=S) groups is 1. The molecule has 0 aliphatic rings. The molecule has 0 spiro atoms. The third-order valence-corrected chi connectivity index (χ3v) is 2.31. The van der Waals surface area contributed by atoms with E-state index in [0.29, 0.717) is 18.1 Å².